The highest BCUT2D eigenvalue weighted by Crippen LogP contribution is 2.30. The number of aliphatic hydroxyl groups excluding tert-OH is 1. The van der Waals surface area contributed by atoms with Crippen LogP contribution in [0.15, 0.2) is 17.0 Å². The molecular formula is C16H25NO4S. The van der Waals surface area contributed by atoms with Crippen molar-refractivity contribution in [3.63, 3.8) is 0 Å². The number of sulfonamides is 1. The SMILES string of the molecule is Cc1cc(C)c(S(=O)(=O)NCC2(CO)CCOCC2)c(C)c1. The first kappa shape index (κ1) is 17.4. The summed E-state index contributed by atoms with van der Waals surface area (Å²) in [5, 5.41) is 9.66. The zero-order valence-electron chi connectivity index (χ0n) is 13.5. The summed E-state index contributed by atoms with van der Waals surface area (Å²) in [5.74, 6) is 0. The molecule has 5 nitrogen and oxygen atoms in total. The molecule has 0 radical (unpaired) electrons. The van der Waals surface area contributed by atoms with E-state index < -0.39 is 15.4 Å². The van der Waals surface area contributed by atoms with Crippen LogP contribution in [0, 0.1) is 26.2 Å². The van der Waals surface area contributed by atoms with Crippen molar-refractivity contribution in [2.75, 3.05) is 26.4 Å². The van der Waals surface area contributed by atoms with E-state index >= 15 is 0 Å². The predicted octanol–water partition coefficient (Wildman–Crippen LogP) is 1.68. The smallest absolute Gasteiger partial charge is 0.241 e. The molecule has 1 saturated heterocycles. The van der Waals surface area contributed by atoms with Crippen LogP contribution in [0.3, 0.4) is 0 Å². The monoisotopic (exact) mass is 327 g/mol. The maximum Gasteiger partial charge on any atom is 0.241 e. The van der Waals surface area contributed by atoms with Gasteiger partial charge >= 0.3 is 0 Å². The van der Waals surface area contributed by atoms with Gasteiger partial charge in [0.1, 0.15) is 0 Å². The third-order valence-corrected chi connectivity index (χ3v) is 6.11. The summed E-state index contributed by atoms with van der Waals surface area (Å²) in [6.45, 7) is 6.89. The quantitative estimate of drug-likeness (QED) is 0.863. The van der Waals surface area contributed by atoms with Gasteiger partial charge in [0.05, 0.1) is 11.5 Å². The highest BCUT2D eigenvalue weighted by molar-refractivity contribution is 7.89. The molecule has 0 spiro atoms. The van der Waals surface area contributed by atoms with E-state index in [1.807, 2.05) is 32.9 Å². The molecule has 1 heterocycles. The third kappa shape index (κ3) is 3.68. The minimum Gasteiger partial charge on any atom is -0.396 e. The van der Waals surface area contributed by atoms with Crippen molar-refractivity contribution in [1.82, 2.24) is 4.72 Å². The van der Waals surface area contributed by atoms with Crippen molar-refractivity contribution >= 4 is 10.0 Å². The lowest BCUT2D eigenvalue weighted by Gasteiger charge is -2.35. The molecule has 0 atom stereocenters. The van der Waals surface area contributed by atoms with Gasteiger partial charge in [-0.1, -0.05) is 17.7 Å². The Kier molecular flexibility index (Phi) is 5.27. The minimum absolute atomic E-state index is 0.0370. The number of nitrogens with one attached hydrogen (secondary N) is 1. The van der Waals surface area contributed by atoms with Gasteiger partial charge in [-0.25, -0.2) is 13.1 Å². The summed E-state index contributed by atoms with van der Waals surface area (Å²) < 4.78 is 33.3. The molecule has 0 amide bonds. The van der Waals surface area contributed by atoms with Crippen molar-refractivity contribution in [2.24, 2.45) is 5.41 Å². The van der Waals surface area contributed by atoms with Crippen molar-refractivity contribution in [2.45, 2.75) is 38.5 Å². The fraction of sp³-hybridized carbons (Fsp3) is 0.625. The van der Waals surface area contributed by atoms with Gasteiger partial charge in [0.25, 0.3) is 0 Å². The second kappa shape index (κ2) is 6.66. The van der Waals surface area contributed by atoms with Crippen LogP contribution in [0.25, 0.3) is 0 Å². The summed E-state index contributed by atoms with van der Waals surface area (Å²) in [6, 6.07) is 3.75. The average Bonchev–Trinajstić information content (AvgIpc) is 2.45. The van der Waals surface area contributed by atoms with Crippen LogP contribution in [0.5, 0.6) is 0 Å². The maximum atomic E-state index is 12.7. The van der Waals surface area contributed by atoms with Crippen LogP contribution in [-0.4, -0.2) is 39.9 Å². The Morgan fingerprint density at radius 2 is 1.73 bits per heavy atom. The standard InChI is InChI=1S/C16H25NO4S/c1-12-8-13(2)15(14(3)9-12)22(19,20)17-10-16(11-18)4-6-21-7-5-16/h8-9,17-18H,4-7,10-11H2,1-3H3. The van der Waals surface area contributed by atoms with Gasteiger partial charge < -0.3 is 9.84 Å². The Labute approximate surface area is 132 Å². The van der Waals surface area contributed by atoms with Crippen molar-refractivity contribution in [3.8, 4) is 0 Å². The van der Waals surface area contributed by atoms with Crippen molar-refractivity contribution in [3.05, 3.63) is 28.8 Å². The molecule has 2 rings (SSSR count). The molecular weight excluding hydrogens is 302 g/mol. The number of ether oxygens (including phenoxy) is 1. The van der Waals surface area contributed by atoms with E-state index in [0.29, 0.717) is 31.0 Å². The van der Waals surface area contributed by atoms with Gasteiger partial charge in [-0.05, 0) is 44.7 Å². The summed E-state index contributed by atoms with van der Waals surface area (Å²) >= 11 is 0. The molecule has 1 aromatic carbocycles. The first-order valence-electron chi connectivity index (χ1n) is 7.56. The number of rotatable bonds is 5. The summed E-state index contributed by atoms with van der Waals surface area (Å²) in [7, 11) is -3.59. The van der Waals surface area contributed by atoms with E-state index in [1.165, 1.54) is 0 Å². The Bertz CT molecular complexity index is 611. The first-order valence-corrected chi connectivity index (χ1v) is 9.04. The van der Waals surface area contributed by atoms with Crippen LogP contribution in [0.2, 0.25) is 0 Å². The minimum atomic E-state index is -3.59. The molecule has 0 aliphatic carbocycles. The molecule has 6 heteroatoms. The largest absolute Gasteiger partial charge is 0.396 e. The number of benzene rings is 1. The van der Waals surface area contributed by atoms with Crippen LogP contribution in [0.4, 0.5) is 0 Å². The lowest BCUT2D eigenvalue weighted by molar-refractivity contribution is -0.0126. The fourth-order valence-electron chi connectivity index (χ4n) is 3.11. The van der Waals surface area contributed by atoms with E-state index in [4.69, 9.17) is 4.74 Å². The van der Waals surface area contributed by atoms with Crippen LogP contribution < -0.4 is 4.72 Å². The Morgan fingerprint density at radius 3 is 2.23 bits per heavy atom. The summed E-state index contributed by atoms with van der Waals surface area (Å²) in [5.41, 5.74) is 2.12. The molecule has 0 aromatic heterocycles. The molecule has 0 unspecified atom stereocenters. The number of aryl methyl sites for hydroxylation is 3. The second-order valence-electron chi connectivity index (χ2n) is 6.32. The van der Waals surface area contributed by atoms with Crippen LogP contribution >= 0.6 is 0 Å². The van der Waals surface area contributed by atoms with Crippen LogP contribution in [0.1, 0.15) is 29.5 Å². The van der Waals surface area contributed by atoms with E-state index in [9.17, 15) is 13.5 Å². The molecule has 0 saturated carbocycles. The normalized spacial score (nSPS) is 18.4. The van der Waals surface area contributed by atoms with Crippen molar-refractivity contribution < 1.29 is 18.3 Å². The van der Waals surface area contributed by atoms with Gasteiger partial charge in [0.2, 0.25) is 10.0 Å². The van der Waals surface area contributed by atoms with Crippen molar-refractivity contribution in [1.29, 1.82) is 0 Å². The second-order valence-corrected chi connectivity index (χ2v) is 8.03. The van der Waals surface area contributed by atoms with Gasteiger partial charge in [-0.3, -0.25) is 0 Å². The summed E-state index contributed by atoms with van der Waals surface area (Å²) in [4.78, 5) is 0.346. The molecule has 124 valence electrons. The molecule has 1 fully saturated rings. The highest BCUT2D eigenvalue weighted by Gasteiger charge is 2.34. The van der Waals surface area contributed by atoms with E-state index in [2.05, 4.69) is 4.72 Å². The molecule has 22 heavy (non-hydrogen) atoms. The van der Waals surface area contributed by atoms with Gasteiger partial charge in [0, 0.05) is 25.2 Å². The topological polar surface area (TPSA) is 75.6 Å². The van der Waals surface area contributed by atoms with E-state index in [0.717, 1.165) is 16.7 Å². The Morgan fingerprint density at radius 1 is 1.18 bits per heavy atom. The lowest BCUT2D eigenvalue weighted by Crippen LogP contribution is -2.43. The number of hydrogen-bond donors (Lipinski definition) is 2. The third-order valence-electron chi connectivity index (χ3n) is 4.40. The Hall–Kier alpha value is -0.950. The first-order chi connectivity index (χ1) is 10.3. The van der Waals surface area contributed by atoms with Crippen LogP contribution in [-0.2, 0) is 14.8 Å². The van der Waals surface area contributed by atoms with Gasteiger partial charge in [-0.15, -0.1) is 0 Å². The fourth-order valence-corrected chi connectivity index (χ4v) is 4.71. The molecule has 0 bridgehead atoms. The maximum absolute atomic E-state index is 12.7. The molecule has 2 N–H and O–H groups in total. The Balaban J connectivity index is 2.21. The summed E-state index contributed by atoms with van der Waals surface area (Å²) in [6.07, 6.45) is 1.33. The highest BCUT2D eigenvalue weighted by atomic mass is 32.2. The zero-order chi connectivity index (χ0) is 16.4. The number of hydrogen-bond acceptors (Lipinski definition) is 4. The van der Waals surface area contributed by atoms with E-state index in [-0.39, 0.29) is 13.2 Å². The number of aliphatic hydroxyl groups is 1. The molecule has 1 aliphatic rings. The average molecular weight is 327 g/mol. The van der Waals surface area contributed by atoms with Gasteiger partial charge in [-0.2, -0.15) is 0 Å². The zero-order valence-corrected chi connectivity index (χ0v) is 14.3. The van der Waals surface area contributed by atoms with E-state index in [1.54, 1.807) is 0 Å². The molecule has 1 aromatic rings. The lowest BCUT2D eigenvalue weighted by atomic mass is 9.81. The molecule has 1 aliphatic heterocycles. The van der Waals surface area contributed by atoms with Gasteiger partial charge in [0.15, 0.2) is 0 Å². The predicted molar refractivity (Wildman–Crippen MR) is 85.4 cm³/mol.